The lowest BCUT2D eigenvalue weighted by molar-refractivity contribution is 0.102. The quantitative estimate of drug-likeness (QED) is 0.584. The van der Waals surface area contributed by atoms with Crippen LogP contribution in [-0.2, 0) is 7.05 Å². The van der Waals surface area contributed by atoms with Crippen molar-refractivity contribution in [1.82, 2.24) is 9.55 Å². The van der Waals surface area contributed by atoms with Crippen molar-refractivity contribution in [2.75, 3.05) is 5.32 Å². The Balaban J connectivity index is 1.74. The second-order valence-electron chi connectivity index (χ2n) is 6.34. The van der Waals surface area contributed by atoms with E-state index in [1.807, 2.05) is 55.6 Å². The van der Waals surface area contributed by atoms with Gasteiger partial charge in [0.05, 0.1) is 11.2 Å². The number of carbonyl (C=O) groups excluding carboxylic acids is 1. The molecular formula is C21H19N3O. The number of nitrogens with one attached hydrogen (secondary N) is 1. The van der Waals surface area contributed by atoms with Gasteiger partial charge < -0.3 is 9.88 Å². The number of nitrogens with zero attached hydrogens (tertiary/aromatic N) is 2. The van der Waals surface area contributed by atoms with Crippen LogP contribution in [0.4, 0.5) is 5.69 Å². The minimum atomic E-state index is -0.124. The van der Waals surface area contributed by atoms with Gasteiger partial charge in [0, 0.05) is 40.8 Å². The maximum absolute atomic E-state index is 12.8. The summed E-state index contributed by atoms with van der Waals surface area (Å²) in [6.07, 6.45) is 1.74. The molecule has 25 heavy (non-hydrogen) atoms. The molecule has 0 aliphatic rings. The molecule has 0 saturated heterocycles. The summed E-state index contributed by atoms with van der Waals surface area (Å²) in [6.45, 7) is 4.19. The molecule has 0 spiro atoms. The highest BCUT2D eigenvalue weighted by molar-refractivity contribution is 6.09. The maximum Gasteiger partial charge on any atom is 0.255 e. The normalized spacial score (nSPS) is 11.2. The number of rotatable bonds is 2. The van der Waals surface area contributed by atoms with E-state index in [-0.39, 0.29) is 5.91 Å². The fraction of sp³-hybridized carbons (Fsp3) is 0.143. The SMILES string of the molecule is Cc1c(C)n(C)c2ccc(C(=O)Nc3cccc4cccnc34)cc12. The number of carbonyl (C=O) groups is 1. The van der Waals surface area contributed by atoms with Gasteiger partial charge in [0.2, 0.25) is 0 Å². The number of fused-ring (bicyclic) bond motifs is 2. The van der Waals surface area contributed by atoms with Gasteiger partial charge in [0.1, 0.15) is 0 Å². The van der Waals surface area contributed by atoms with E-state index >= 15 is 0 Å². The topological polar surface area (TPSA) is 46.9 Å². The van der Waals surface area contributed by atoms with Crippen molar-refractivity contribution < 1.29 is 4.79 Å². The zero-order chi connectivity index (χ0) is 17.6. The molecule has 124 valence electrons. The Kier molecular flexibility index (Phi) is 3.53. The average Bonchev–Trinajstić information content (AvgIpc) is 2.86. The van der Waals surface area contributed by atoms with E-state index in [0.29, 0.717) is 5.56 Å². The van der Waals surface area contributed by atoms with E-state index in [2.05, 4.69) is 28.7 Å². The van der Waals surface area contributed by atoms with Crippen molar-refractivity contribution in [1.29, 1.82) is 0 Å². The molecule has 0 saturated carbocycles. The summed E-state index contributed by atoms with van der Waals surface area (Å²) in [5.41, 5.74) is 5.73. The summed E-state index contributed by atoms with van der Waals surface area (Å²) < 4.78 is 2.15. The molecule has 4 heteroatoms. The van der Waals surface area contributed by atoms with Crippen LogP contribution in [0.25, 0.3) is 21.8 Å². The fourth-order valence-corrected chi connectivity index (χ4v) is 3.30. The minimum Gasteiger partial charge on any atom is -0.348 e. The molecular weight excluding hydrogens is 310 g/mol. The van der Waals surface area contributed by atoms with Crippen LogP contribution in [0, 0.1) is 13.8 Å². The Hall–Kier alpha value is -3.14. The van der Waals surface area contributed by atoms with Gasteiger partial charge in [-0.1, -0.05) is 18.2 Å². The number of amides is 1. The number of hydrogen-bond donors (Lipinski definition) is 1. The Morgan fingerprint density at radius 2 is 1.88 bits per heavy atom. The van der Waals surface area contributed by atoms with Crippen molar-refractivity contribution in [3.8, 4) is 0 Å². The van der Waals surface area contributed by atoms with E-state index in [1.165, 1.54) is 11.3 Å². The van der Waals surface area contributed by atoms with Crippen LogP contribution in [0.5, 0.6) is 0 Å². The van der Waals surface area contributed by atoms with Gasteiger partial charge in [-0.2, -0.15) is 0 Å². The van der Waals surface area contributed by atoms with Gasteiger partial charge in [0.15, 0.2) is 0 Å². The smallest absolute Gasteiger partial charge is 0.255 e. The van der Waals surface area contributed by atoms with Crippen LogP contribution < -0.4 is 5.32 Å². The zero-order valence-electron chi connectivity index (χ0n) is 14.5. The van der Waals surface area contributed by atoms with E-state index < -0.39 is 0 Å². The van der Waals surface area contributed by atoms with Crippen LogP contribution in [0.1, 0.15) is 21.6 Å². The van der Waals surface area contributed by atoms with Gasteiger partial charge in [-0.15, -0.1) is 0 Å². The largest absolute Gasteiger partial charge is 0.348 e. The number of aryl methyl sites for hydroxylation is 2. The predicted octanol–water partition coefficient (Wildman–Crippen LogP) is 4.60. The highest BCUT2D eigenvalue weighted by atomic mass is 16.1. The molecule has 0 unspecified atom stereocenters. The van der Waals surface area contributed by atoms with Gasteiger partial charge in [-0.3, -0.25) is 9.78 Å². The van der Waals surface area contributed by atoms with Gasteiger partial charge >= 0.3 is 0 Å². The second kappa shape index (κ2) is 5.74. The first kappa shape index (κ1) is 15.4. The lowest BCUT2D eigenvalue weighted by Crippen LogP contribution is -2.12. The fourth-order valence-electron chi connectivity index (χ4n) is 3.30. The monoisotopic (exact) mass is 329 g/mol. The van der Waals surface area contributed by atoms with Crippen molar-refractivity contribution in [2.45, 2.75) is 13.8 Å². The first-order chi connectivity index (χ1) is 12.1. The van der Waals surface area contributed by atoms with Gasteiger partial charge in [0.25, 0.3) is 5.91 Å². The van der Waals surface area contributed by atoms with E-state index in [1.54, 1.807) is 6.20 Å². The number of para-hydroxylation sites is 1. The summed E-state index contributed by atoms with van der Waals surface area (Å²) in [4.78, 5) is 17.1. The maximum atomic E-state index is 12.8. The molecule has 0 atom stereocenters. The number of benzene rings is 2. The molecule has 0 radical (unpaired) electrons. The lowest BCUT2D eigenvalue weighted by atomic mass is 10.1. The highest BCUT2D eigenvalue weighted by Crippen LogP contribution is 2.26. The first-order valence-corrected chi connectivity index (χ1v) is 8.27. The minimum absolute atomic E-state index is 0.124. The molecule has 0 fully saturated rings. The molecule has 1 amide bonds. The number of aromatic nitrogens is 2. The Labute approximate surface area is 146 Å². The Bertz CT molecular complexity index is 1120. The molecule has 1 N–H and O–H groups in total. The van der Waals surface area contributed by atoms with E-state index in [4.69, 9.17) is 0 Å². The summed E-state index contributed by atoms with van der Waals surface area (Å²) in [7, 11) is 2.05. The van der Waals surface area contributed by atoms with Crippen LogP contribution in [-0.4, -0.2) is 15.5 Å². The van der Waals surface area contributed by atoms with Gasteiger partial charge in [-0.05, 0) is 49.7 Å². The van der Waals surface area contributed by atoms with Gasteiger partial charge in [-0.25, -0.2) is 0 Å². The number of pyridine rings is 1. The molecule has 4 nitrogen and oxygen atoms in total. The number of hydrogen-bond acceptors (Lipinski definition) is 2. The molecule has 4 rings (SSSR count). The standard InChI is InChI=1S/C21H19N3O/c1-13-14(2)24(3)19-10-9-16(12-17(13)19)21(25)23-18-8-4-6-15-7-5-11-22-20(15)18/h4-12H,1-3H3,(H,23,25). The van der Waals surface area contributed by atoms with Crippen LogP contribution >= 0.6 is 0 Å². The van der Waals surface area contributed by atoms with Crippen molar-refractivity contribution >= 4 is 33.4 Å². The summed E-state index contributed by atoms with van der Waals surface area (Å²) in [6, 6.07) is 15.5. The third-order valence-electron chi connectivity index (χ3n) is 4.95. The first-order valence-electron chi connectivity index (χ1n) is 8.27. The molecule has 0 aliphatic carbocycles. The van der Waals surface area contributed by atoms with Crippen LogP contribution in [0.15, 0.2) is 54.7 Å². The summed E-state index contributed by atoms with van der Waals surface area (Å²) in [5.74, 6) is -0.124. The van der Waals surface area contributed by atoms with E-state index in [9.17, 15) is 4.79 Å². The zero-order valence-corrected chi connectivity index (χ0v) is 14.5. The van der Waals surface area contributed by atoms with Crippen molar-refractivity contribution in [2.24, 2.45) is 7.05 Å². The van der Waals surface area contributed by atoms with Crippen LogP contribution in [0.3, 0.4) is 0 Å². The molecule has 4 aromatic rings. The average molecular weight is 329 g/mol. The second-order valence-corrected chi connectivity index (χ2v) is 6.34. The summed E-state index contributed by atoms with van der Waals surface area (Å²) in [5, 5.41) is 5.12. The molecule has 2 heterocycles. The Morgan fingerprint density at radius 1 is 1.08 bits per heavy atom. The predicted molar refractivity (Wildman–Crippen MR) is 102 cm³/mol. The van der Waals surface area contributed by atoms with Crippen molar-refractivity contribution in [3.05, 3.63) is 71.5 Å². The molecule has 0 bridgehead atoms. The Morgan fingerprint density at radius 3 is 2.72 bits per heavy atom. The van der Waals surface area contributed by atoms with Crippen molar-refractivity contribution in [3.63, 3.8) is 0 Å². The molecule has 2 aromatic carbocycles. The molecule has 0 aliphatic heterocycles. The highest BCUT2D eigenvalue weighted by Gasteiger charge is 2.13. The summed E-state index contributed by atoms with van der Waals surface area (Å²) >= 11 is 0. The number of anilines is 1. The van der Waals surface area contributed by atoms with E-state index in [0.717, 1.165) is 27.5 Å². The molecule has 2 aromatic heterocycles. The third-order valence-corrected chi connectivity index (χ3v) is 4.95. The van der Waals surface area contributed by atoms with Crippen LogP contribution in [0.2, 0.25) is 0 Å². The lowest BCUT2D eigenvalue weighted by Gasteiger charge is -2.08. The third kappa shape index (κ3) is 2.47.